The molecule has 6 atom stereocenters. The fraction of sp³-hybridized carbons (Fsp3) is 0.708. The minimum Gasteiger partial charge on any atom is -0.465 e. The van der Waals surface area contributed by atoms with Crippen LogP contribution in [-0.2, 0) is 19.1 Å². The largest absolute Gasteiger partial charge is 0.465 e. The van der Waals surface area contributed by atoms with Crippen molar-refractivity contribution in [3.05, 3.63) is 24.3 Å². The molecule has 2 saturated heterocycles. The summed E-state index contributed by atoms with van der Waals surface area (Å²) < 4.78 is 4.65. The van der Waals surface area contributed by atoms with E-state index in [0.717, 1.165) is 25.7 Å². The number of esters is 1. The highest BCUT2D eigenvalue weighted by molar-refractivity contribution is 8.02. The molecule has 4 aliphatic heterocycles. The maximum atomic E-state index is 14.1. The number of thioether (sulfide) groups is 1. The summed E-state index contributed by atoms with van der Waals surface area (Å²) >= 11 is 1.56. The van der Waals surface area contributed by atoms with Gasteiger partial charge in [0.1, 0.15) is 6.04 Å². The highest BCUT2D eigenvalue weighted by atomic mass is 32.2. The van der Waals surface area contributed by atoms with Crippen molar-refractivity contribution in [2.45, 2.75) is 73.6 Å². The summed E-state index contributed by atoms with van der Waals surface area (Å²) in [6.07, 6.45) is 14.1. The average molecular weight is 461 g/mol. The van der Waals surface area contributed by atoms with Gasteiger partial charge in [0, 0.05) is 17.8 Å². The molecule has 3 fully saturated rings. The van der Waals surface area contributed by atoms with Gasteiger partial charge in [0.25, 0.3) is 0 Å². The van der Waals surface area contributed by atoms with Gasteiger partial charge >= 0.3 is 5.97 Å². The number of rotatable bonds is 3. The number of carbonyl (C=O) groups is 3. The van der Waals surface area contributed by atoms with E-state index in [1.165, 1.54) is 6.42 Å². The fourth-order valence-electron chi connectivity index (χ4n) is 6.35. The standard InChI is InChI=1S/C24H32N2O5S/c1-15(14-27)26-20-22(29)25(16-8-3-2-4-9-16)12-7-11-24(20)19(21(26)28)18-17(32-24)10-5-6-13-31-23(18)30/h5,7,10-11,15-20,27H,2-4,6,8-9,12-14H2,1H3/t15-,17-,18+,19+,20?,24+/m1/s1. The Hall–Kier alpha value is -1.80. The summed E-state index contributed by atoms with van der Waals surface area (Å²) in [7, 11) is 0. The van der Waals surface area contributed by atoms with Crippen LogP contribution in [-0.4, -0.2) is 80.6 Å². The van der Waals surface area contributed by atoms with Gasteiger partial charge in [0.05, 0.1) is 35.8 Å². The van der Waals surface area contributed by atoms with Gasteiger partial charge in [-0.2, -0.15) is 0 Å². The van der Waals surface area contributed by atoms with E-state index in [1.54, 1.807) is 23.6 Å². The van der Waals surface area contributed by atoms with Gasteiger partial charge in [-0.05, 0) is 26.2 Å². The lowest BCUT2D eigenvalue weighted by atomic mass is 9.78. The van der Waals surface area contributed by atoms with Crippen molar-refractivity contribution in [1.82, 2.24) is 9.80 Å². The molecule has 5 aliphatic rings. The van der Waals surface area contributed by atoms with E-state index in [9.17, 15) is 19.5 Å². The molecule has 1 aliphatic carbocycles. The van der Waals surface area contributed by atoms with Crippen LogP contribution in [0.15, 0.2) is 24.3 Å². The van der Waals surface area contributed by atoms with Crippen molar-refractivity contribution in [2.24, 2.45) is 11.8 Å². The number of aliphatic hydroxyl groups excluding tert-OH is 1. The molecule has 1 unspecified atom stereocenters. The highest BCUT2D eigenvalue weighted by Gasteiger charge is 2.71. The lowest BCUT2D eigenvalue weighted by Crippen LogP contribution is -2.57. The van der Waals surface area contributed by atoms with E-state index in [4.69, 9.17) is 4.74 Å². The van der Waals surface area contributed by atoms with E-state index >= 15 is 0 Å². The number of hydrogen-bond donors (Lipinski definition) is 1. The molecular weight excluding hydrogens is 428 g/mol. The molecule has 2 amide bonds. The molecular formula is C24H32N2O5S. The van der Waals surface area contributed by atoms with E-state index < -0.39 is 28.7 Å². The topological polar surface area (TPSA) is 87.2 Å². The third kappa shape index (κ3) is 3.24. The number of hydrogen-bond acceptors (Lipinski definition) is 6. The number of likely N-dealkylation sites (tertiary alicyclic amines) is 1. The molecule has 7 nitrogen and oxygen atoms in total. The number of aliphatic hydroxyl groups is 1. The SMILES string of the molecule is C[C@H](CO)N1C(=O)[C@@H]2[C@H]3C(=O)OCCC=C[C@H]3S[C@@]23C=CCN(C2CCCCC2)C(=O)C13. The quantitative estimate of drug-likeness (QED) is 0.511. The predicted octanol–water partition coefficient (Wildman–Crippen LogP) is 1.90. The number of ether oxygens (including phenoxy) is 1. The lowest BCUT2D eigenvalue weighted by Gasteiger charge is -2.40. The van der Waals surface area contributed by atoms with Crippen LogP contribution in [0.25, 0.3) is 0 Å². The average Bonchev–Trinajstić information content (AvgIpc) is 3.18. The number of carbonyl (C=O) groups excluding carboxylic acids is 3. The Morgan fingerprint density at radius 2 is 1.97 bits per heavy atom. The Bertz CT molecular complexity index is 853. The van der Waals surface area contributed by atoms with Crippen molar-refractivity contribution in [2.75, 3.05) is 19.8 Å². The van der Waals surface area contributed by atoms with Gasteiger partial charge < -0.3 is 19.6 Å². The second kappa shape index (κ2) is 8.52. The van der Waals surface area contributed by atoms with Gasteiger partial charge in [-0.25, -0.2) is 0 Å². The Morgan fingerprint density at radius 1 is 1.19 bits per heavy atom. The van der Waals surface area contributed by atoms with Gasteiger partial charge in [0.2, 0.25) is 11.8 Å². The molecule has 1 N–H and O–H groups in total. The summed E-state index contributed by atoms with van der Waals surface area (Å²) in [6.45, 7) is 2.38. The third-order valence-corrected chi connectivity index (χ3v) is 9.59. The molecule has 174 valence electrons. The summed E-state index contributed by atoms with van der Waals surface area (Å²) in [5.74, 6) is -1.91. The molecule has 0 aromatic carbocycles. The molecule has 5 rings (SSSR count). The zero-order valence-corrected chi connectivity index (χ0v) is 19.3. The Labute approximate surface area is 193 Å². The summed E-state index contributed by atoms with van der Waals surface area (Å²) in [5.41, 5.74) is 0. The molecule has 0 aromatic rings. The zero-order valence-electron chi connectivity index (χ0n) is 18.5. The van der Waals surface area contributed by atoms with Crippen LogP contribution in [0.4, 0.5) is 0 Å². The summed E-state index contributed by atoms with van der Waals surface area (Å²) in [6, 6.07) is -1.04. The molecule has 0 bridgehead atoms. The Balaban J connectivity index is 1.59. The van der Waals surface area contributed by atoms with Crippen LogP contribution in [0, 0.1) is 11.8 Å². The van der Waals surface area contributed by atoms with Crippen LogP contribution in [0.5, 0.6) is 0 Å². The van der Waals surface area contributed by atoms with E-state index in [-0.39, 0.29) is 35.7 Å². The van der Waals surface area contributed by atoms with Crippen LogP contribution in [0.1, 0.15) is 45.4 Å². The van der Waals surface area contributed by atoms with Crippen molar-refractivity contribution >= 4 is 29.5 Å². The van der Waals surface area contributed by atoms with Gasteiger partial charge in [0.15, 0.2) is 0 Å². The molecule has 32 heavy (non-hydrogen) atoms. The first-order valence-electron chi connectivity index (χ1n) is 11.9. The van der Waals surface area contributed by atoms with Crippen LogP contribution in [0.3, 0.4) is 0 Å². The Kier molecular flexibility index (Phi) is 5.86. The van der Waals surface area contributed by atoms with Crippen LogP contribution < -0.4 is 0 Å². The van der Waals surface area contributed by atoms with E-state index in [0.29, 0.717) is 19.6 Å². The third-order valence-electron chi connectivity index (χ3n) is 7.84. The van der Waals surface area contributed by atoms with Crippen molar-refractivity contribution in [1.29, 1.82) is 0 Å². The minimum atomic E-state index is -0.829. The molecule has 0 aromatic heterocycles. The highest BCUT2D eigenvalue weighted by Crippen LogP contribution is 2.61. The number of fused-ring (bicyclic) bond motifs is 2. The maximum Gasteiger partial charge on any atom is 0.311 e. The minimum absolute atomic E-state index is 0.0443. The first kappa shape index (κ1) is 22.0. The first-order valence-corrected chi connectivity index (χ1v) is 12.8. The summed E-state index contributed by atoms with van der Waals surface area (Å²) in [4.78, 5) is 44.5. The van der Waals surface area contributed by atoms with Gasteiger partial charge in [-0.15, -0.1) is 11.8 Å². The molecule has 8 heteroatoms. The van der Waals surface area contributed by atoms with Crippen LogP contribution in [0.2, 0.25) is 0 Å². The maximum absolute atomic E-state index is 14.1. The monoisotopic (exact) mass is 460 g/mol. The number of nitrogens with zero attached hydrogens (tertiary/aromatic N) is 2. The zero-order chi connectivity index (χ0) is 22.5. The smallest absolute Gasteiger partial charge is 0.311 e. The van der Waals surface area contributed by atoms with Crippen molar-refractivity contribution in [3.63, 3.8) is 0 Å². The predicted molar refractivity (Wildman–Crippen MR) is 121 cm³/mol. The molecule has 0 radical (unpaired) electrons. The summed E-state index contributed by atoms with van der Waals surface area (Å²) in [5, 5.41) is 9.75. The first-order chi connectivity index (χ1) is 15.5. The second-order valence-corrected chi connectivity index (χ2v) is 11.2. The molecule has 4 heterocycles. The molecule has 1 spiro atoms. The van der Waals surface area contributed by atoms with Crippen molar-refractivity contribution < 1.29 is 24.2 Å². The van der Waals surface area contributed by atoms with Gasteiger partial charge in [-0.3, -0.25) is 14.4 Å². The van der Waals surface area contributed by atoms with Crippen LogP contribution >= 0.6 is 11.8 Å². The fourth-order valence-corrected chi connectivity index (χ4v) is 8.34. The second-order valence-electron chi connectivity index (χ2n) is 9.69. The van der Waals surface area contributed by atoms with Crippen molar-refractivity contribution in [3.8, 4) is 0 Å². The Morgan fingerprint density at radius 3 is 2.72 bits per heavy atom. The normalized spacial score (nSPS) is 38.5. The van der Waals surface area contributed by atoms with Gasteiger partial charge in [-0.1, -0.05) is 43.6 Å². The van der Waals surface area contributed by atoms with E-state index in [1.807, 2.05) is 29.2 Å². The lowest BCUT2D eigenvalue weighted by molar-refractivity contribution is -0.153. The molecule has 1 saturated carbocycles. The number of cyclic esters (lactones) is 1. The van der Waals surface area contributed by atoms with E-state index in [2.05, 4.69) is 0 Å². The number of amides is 2.